The number of benzene rings is 6. The molecule has 0 spiro atoms. The molecule has 5 nitrogen and oxygen atoms in total. The lowest BCUT2D eigenvalue weighted by Crippen LogP contribution is -2.91. The van der Waals surface area contributed by atoms with E-state index in [1.165, 1.54) is 31.1 Å². The minimum Gasteiger partial charge on any atom is -0.386 e. The standard InChI is InChI=1S/C42H33N5Si2/c1-7-19-34(20-8-1)48(35-21-9-2-10-22-35,36-23-11-3-12-24-36)47(42-40-41(45-33-46-42)44-32-31-43-40)49(37-25-13-4-14-26-37,38-27-15-5-16-28-38)39-29-17-6-18-30-39/h1-33H. The molecule has 8 aromatic rings. The van der Waals surface area contributed by atoms with Crippen molar-refractivity contribution in [1.82, 2.24) is 19.9 Å². The average Bonchev–Trinajstić information content (AvgIpc) is 3.20. The maximum absolute atomic E-state index is 5.27. The highest BCUT2D eigenvalue weighted by atomic mass is 28.4. The highest BCUT2D eigenvalue weighted by Crippen LogP contribution is 2.31. The summed E-state index contributed by atoms with van der Waals surface area (Å²) in [7, 11) is -6.72. The van der Waals surface area contributed by atoms with Crippen LogP contribution in [0.4, 0.5) is 5.82 Å². The summed E-state index contributed by atoms with van der Waals surface area (Å²) < 4.78 is 2.76. The molecular formula is C42H33N5Si2. The zero-order chi connectivity index (χ0) is 32.9. The molecule has 0 amide bonds. The number of fused-ring (bicyclic) bond motifs is 1. The number of hydrogen-bond donors (Lipinski definition) is 0. The van der Waals surface area contributed by atoms with Gasteiger partial charge < -0.3 is 4.23 Å². The van der Waals surface area contributed by atoms with Crippen LogP contribution < -0.4 is 35.4 Å². The minimum absolute atomic E-state index is 0.562. The quantitative estimate of drug-likeness (QED) is 0.168. The van der Waals surface area contributed by atoms with Gasteiger partial charge in [-0.15, -0.1) is 0 Å². The molecule has 8 rings (SSSR count). The molecule has 2 aromatic heterocycles. The van der Waals surface area contributed by atoms with E-state index >= 15 is 0 Å². The Morgan fingerprint density at radius 2 is 0.633 bits per heavy atom. The van der Waals surface area contributed by atoms with E-state index < -0.39 is 16.5 Å². The van der Waals surface area contributed by atoms with Crippen molar-refractivity contribution >= 4 is 64.6 Å². The van der Waals surface area contributed by atoms with Gasteiger partial charge >= 0.3 is 0 Å². The number of anilines is 1. The van der Waals surface area contributed by atoms with Crippen LogP contribution in [0.2, 0.25) is 0 Å². The zero-order valence-electron chi connectivity index (χ0n) is 26.8. The van der Waals surface area contributed by atoms with Gasteiger partial charge in [-0.3, -0.25) is 0 Å². The van der Waals surface area contributed by atoms with Crippen molar-refractivity contribution in [2.45, 2.75) is 0 Å². The minimum atomic E-state index is -3.36. The Bertz CT molecular complexity index is 1950. The number of nitrogens with zero attached hydrogens (tertiary/aromatic N) is 5. The van der Waals surface area contributed by atoms with Crippen LogP contribution >= 0.6 is 0 Å². The van der Waals surface area contributed by atoms with E-state index in [-0.39, 0.29) is 0 Å². The second-order valence-corrected chi connectivity index (χ2v) is 19.5. The first-order valence-corrected chi connectivity index (χ1v) is 20.3. The normalized spacial score (nSPS) is 11.7. The largest absolute Gasteiger partial charge is 0.386 e. The summed E-state index contributed by atoms with van der Waals surface area (Å²) in [4.78, 5) is 19.6. The highest BCUT2D eigenvalue weighted by Gasteiger charge is 2.59. The Kier molecular flexibility index (Phi) is 8.19. The lowest BCUT2D eigenvalue weighted by atomic mass is 10.3. The summed E-state index contributed by atoms with van der Waals surface area (Å²) in [6.45, 7) is 0. The third-order valence-corrected chi connectivity index (χ3v) is 20.1. The van der Waals surface area contributed by atoms with E-state index in [2.05, 4.69) is 191 Å². The number of hydrogen-bond acceptors (Lipinski definition) is 5. The Hall–Kier alpha value is -6.03. The van der Waals surface area contributed by atoms with Gasteiger partial charge in [-0.2, -0.15) is 0 Å². The van der Waals surface area contributed by atoms with Gasteiger partial charge in [0.2, 0.25) is 16.5 Å². The van der Waals surface area contributed by atoms with E-state index in [1.807, 2.05) is 0 Å². The van der Waals surface area contributed by atoms with Crippen molar-refractivity contribution in [3.63, 3.8) is 0 Å². The van der Waals surface area contributed by atoms with E-state index in [0.29, 0.717) is 11.2 Å². The van der Waals surface area contributed by atoms with Crippen molar-refractivity contribution in [3.05, 3.63) is 201 Å². The highest BCUT2D eigenvalue weighted by molar-refractivity contribution is 7.29. The molecule has 234 valence electrons. The molecule has 49 heavy (non-hydrogen) atoms. The number of rotatable bonds is 9. The molecule has 0 saturated heterocycles. The van der Waals surface area contributed by atoms with Crippen LogP contribution in [-0.4, -0.2) is 36.4 Å². The lowest BCUT2D eigenvalue weighted by Gasteiger charge is -2.54. The van der Waals surface area contributed by atoms with Gasteiger partial charge in [0.1, 0.15) is 17.7 Å². The first kappa shape index (κ1) is 30.3. The summed E-state index contributed by atoms with van der Waals surface area (Å²) in [5.74, 6) is 0.768. The molecule has 0 aliphatic rings. The molecule has 0 unspecified atom stereocenters. The van der Waals surface area contributed by atoms with Gasteiger partial charge in [-0.25, -0.2) is 19.9 Å². The van der Waals surface area contributed by atoms with Gasteiger partial charge in [0, 0.05) is 12.4 Å². The molecule has 0 aliphatic heterocycles. The Balaban J connectivity index is 1.69. The molecule has 0 radical (unpaired) electrons. The van der Waals surface area contributed by atoms with Gasteiger partial charge in [0.15, 0.2) is 5.65 Å². The van der Waals surface area contributed by atoms with Crippen molar-refractivity contribution in [1.29, 1.82) is 0 Å². The topological polar surface area (TPSA) is 54.8 Å². The van der Waals surface area contributed by atoms with Crippen molar-refractivity contribution in [2.75, 3.05) is 4.23 Å². The van der Waals surface area contributed by atoms with Crippen LogP contribution in [0.1, 0.15) is 0 Å². The molecule has 2 heterocycles. The zero-order valence-corrected chi connectivity index (χ0v) is 28.8. The maximum atomic E-state index is 5.27. The molecular weight excluding hydrogens is 631 g/mol. The Morgan fingerprint density at radius 3 is 0.959 bits per heavy atom. The third kappa shape index (κ3) is 5.07. The smallest absolute Gasteiger partial charge is 0.247 e. The average molecular weight is 664 g/mol. The van der Waals surface area contributed by atoms with Crippen molar-refractivity contribution in [2.24, 2.45) is 0 Å². The summed E-state index contributed by atoms with van der Waals surface area (Å²) in [6.07, 6.45) is 5.11. The van der Waals surface area contributed by atoms with Crippen LogP contribution in [0.5, 0.6) is 0 Å². The first-order valence-electron chi connectivity index (χ1n) is 16.4. The fourth-order valence-electron chi connectivity index (χ4n) is 7.37. The summed E-state index contributed by atoms with van der Waals surface area (Å²) in [5.41, 5.74) is 1.23. The van der Waals surface area contributed by atoms with Crippen LogP contribution in [0, 0.1) is 0 Å². The lowest BCUT2D eigenvalue weighted by molar-refractivity contribution is 1.13. The fourth-order valence-corrected chi connectivity index (χ4v) is 20.3. The van der Waals surface area contributed by atoms with E-state index in [1.54, 1.807) is 18.7 Å². The van der Waals surface area contributed by atoms with E-state index in [4.69, 9.17) is 15.0 Å². The van der Waals surface area contributed by atoms with Gasteiger partial charge in [0.25, 0.3) is 0 Å². The van der Waals surface area contributed by atoms with Crippen LogP contribution in [0.3, 0.4) is 0 Å². The monoisotopic (exact) mass is 663 g/mol. The Morgan fingerprint density at radius 1 is 0.327 bits per heavy atom. The molecule has 0 atom stereocenters. The first-order chi connectivity index (χ1) is 24.3. The second-order valence-electron chi connectivity index (χ2n) is 11.9. The van der Waals surface area contributed by atoms with Crippen LogP contribution in [0.25, 0.3) is 11.2 Å². The SMILES string of the molecule is c1ccc([Si](c2ccccc2)(c2ccccc2)N(c2ncnc3nccnc23)[Si](c2ccccc2)(c2ccccc2)c2ccccc2)cc1. The predicted molar refractivity (Wildman–Crippen MR) is 206 cm³/mol. The van der Waals surface area contributed by atoms with Crippen LogP contribution in [0.15, 0.2) is 201 Å². The third-order valence-electron chi connectivity index (χ3n) is 9.28. The van der Waals surface area contributed by atoms with E-state index in [0.717, 1.165) is 5.82 Å². The number of aromatic nitrogens is 4. The van der Waals surface area contributed by atoms with Gasteiger partial charge in [-0.05, 0) is 31.1 Å². The summed E-state index contributed by atoms with van der Waals surface area (Å²) >= 11 is 0. The van der Waals surface area contributed by atoms with Gasteiger partial charge in [-0.1, -0.05) is 182 Å². The van der Waals surface area contributed by atoms with Crippen molar-refractivity contribution < 1.29 is 0 Å². The molecule has 0 aliphatic carbocycles. The van der Waals surface area contributed by atoms with Crippen molar-refractivity contribution in [3.8, 4) is 0 Å². The van der Waals surface area contributed by atoms with E-state index in [9.17, 15) is 0 Å². The molecule has 0 bridgehead atoms. The molecule has 0 fully saturated rings. The molecule has 0 N–H and O–H groups in total. The Labute approximate surface area is 288 Å². The van der Waals surface area contributed by atoms with Crippen LogP contribution in [-0.2, 0) is 0 Å². The molecule has 0 saturated carbocycles. The summed E-state index contributed by atoms with van der Waals surface area (Å²) in [6, 6.07) is 66.2. The fraction of sp³-hybridized carbons (Fsp3) is 0. The second kappa shape index (κ2) is 13.2. The van der Waals surface area contributed by atoms with Gasteiger partial charge in [0.05, 0.1) is 0 Å². The maximum Gasteiger partial charge on any atom is 0.247 e. The molecule has 7 heteroatoms. The predicted octanol–water partition coefficient (Wildman–Crippen LogP) is 4.56. The summed E-state index contributed by atoms with van der Waals surface area (Å²) in [5, 5.41) is 7.43. The molecule has 6 aromatic carbocycles.